The summed E-state index contributed by atoms with van der Waals surface area (Å²) in [6.07, 6.45) is 4.84. The van der Waals surface area contributed by atoms with Crippen LogP contribution < -0.4 is 16.4 Å². The molecule has 0 spiro atoms. The second-order valence-electron chi connectivity index (χ2n) is 7.01. The van der Waals surface area contributed by atoms with Crippen LogP contribution in [0.15, 0.2) is 115 Å². The minimum atomic E-state index is -1.26. The molecule has 0 saturated carbocycles. The van der Waals surface area contributed by atoms with Gasteiger partial charge in [0, 0.05) is 0 Å². The molecule has 3 aromatic carbocycles. The van der Waals surface area contributed by atoms with E-state index in [1.807, 2.05) is 0 Å². The van der Waals surface area contributed by atoms with Gasteiger partial charge in [-0.15, -0.1) is 11.9 Å². The van der Waals surface area contributed by atoms with Gasteiger partial charge in [0.2, 0.25) is 0 Å². The third-order valence-electron chi connectivity index (χ3n) is 5.71. The van der Waals surface area contributed by atoms with Gasteiger partial charge in [-0.25, -0.2) is 4.39 Å². The van der Waals surface area contributed by atoms with Crippen molar-refractivity contribution in [1.82, 2.24) is 0 Å². The van der Waals surface area contributed by atoms with Crippen molar-refractivity contribution in [2.24, 2.45) is 0 Å². The zero-order valence-electron chi connectivity index (χ0n) is 14.6. The SMILES string of the molecule is FC1=CCC([B-](c2ccccc2)(c2ccccc2)c2ccccc2)C=C1. The predicted octanol–water partition coefficient (Wildman–Crippen LogP) is 4.34. The molecule has 0 amide bonds. The fourth-order valence-electron chi connectivity index (χ4n) is 4.57. The van der Waals surface area contributed by atoms with Crippen LogP contribution in [0.2, 0.25) is 5.82 Å². The Balaban J connectivity index is 2.03. The first-order valence-corrected chi connectivity index (χ1v) is 9.18. The molecule has 0 aromatic heterocycles. The molecule has 0 radical (unpaired) electrons. The van der Waals surface area contributed by atoms with E-state index in [4.69, 9.17) is 0 Å². The van der Waals surface area contributed by atoms with Crippen molar-refractivity contribution < 1.29 is 4.39 Å². The van der Waals surface area contributed by atoms with Gasteiger partial charge in [0.1, 0.15) is 5.83 Å². The van der Waals surface area contributed by atoms with E-state index in [9.17, 15) is 4.39 Å². The van der Waals surface area contributed by atoms with E-state index >= 15 is 0 Å². The van der Waals surface area contributed by atoms with Crippen molar-refractivity contribution in [3.63, 3.8) is 0 Å². The van der Waals surface area contributed by atoms with Crippen molar-refractivity contribution in [3.05, 3.63) is 115 Å². The Morgan fingerprint density at radius 3 is 1.42 bits per heavy atom. The molecule has 3 aromatic rings. The second kappa shape index (κ2) is 7.17. The van der Waals surface area contributed by atoms with Crippen LogP contribution in [0.3, 0.4) is 0 Å². The Hall–Kier alpha value is -2.87. The molecule has 0 saturated heterocycles. The summed E-state index contributed by atoms with van der Waals surface area (Å²) in [5.41, 5.74) is 3.86. The smallest absolute Gasteiger partial charge is 0.118 e. The van der Waals surface area contributed by atoms with Crippen LogP contribution >= 0.6 is 0 Å². The fourth-order valence-corrected chi connectivity index (χ4v) is 4.57. The Morgan fingerprint density at radius 1 is 0.654 bits per heavy atom. The van der Waals surface area contributed by atoms with E-state index in [0.717, 1.165) is 0 Å². The fraction of sp³-hybridized carbons (Fsp3) is 0.0833. The lowest BCUT2D eigenvalue weighted by atomic mass is 9.10. The lowest BCUT2D eigenvalue weighted by Crippen LogP contribution is -2.69. The number of benzene rings is 3. The number of halogens is 1. The maximum atomic E-state index is 13.7. The molecular weight excluding hydrogens is 318 g/mol. The van der Waals surface area contributed by atoms with Gasteiger partial charge >= 0.3 is 0 Å². The summed E-state index contributed by atoms with van der Waals surface area (Å²) >= 11 is 0. The molecule has 1 atom stereocenters. The summed E-state index contributed by atoms with van der Waals surface area (Å²) < 4.78 is 13.7. The van der Waals surface area contributed by atoms with Gasteiger partial charge in [-0.05, 0) is 6.08 Å². The molecule has 0 nitrogen and oxygen atoms in total. The van der Waals surface area contributed by atoms with Gasteiger partial charge in [0.15, 0.2) is 0 Å². The number of rotatable bonds is 4. The normalized spacial score (nSPS) is 17.0. The molecule has 1 aliphatic carbocycles. The summed E-state index contributed by atoms with van der Waals surface area (Å²) in [5.74, 6) is 0.0573. The third-order valence-corrected chi connectivity index (χ3v) is 5.71. The van der Waals surface area contributed by atoms with E-state index < -0.39 is 6.15 Å². The van der Waals surface area contributed by atoms with Gasteiger partial charge in [-0.2, -0.15) is 16.4 Å². The minimum absolute atomic E-state index is 0.139. The molecule has 4 rings (SSSR count). The van der Waals surface area contributed by atoms with Gasteiger partial charge in [-0.3, -0.25) is 0 Å². The molecular formula is C24H21BF-. The van der Waals surface area contributed by atoms with Crippen molar-refractivity contribution in [1.29, 1.82) is 0 Å². The van der Waals surface area contributed by atoms with E-state index in [-0.39, 0.29) is 11.6 Å². The van der Waals surface area contributed by atoms with Crippen molar-refractivity contribution in [3.8, 4) is 0 Å². The van der Waals surface area contributed by atoms with Gasteiger partial charge in [0.05, 0.1) is 6.15 Å². The van der Waals surface area contributed by atoms with Crippen LogP contribution in [-0.4, -0.2) is 6.15 Å². The maximum absolute atomic E-state index is 13.7. The summed E-state index contributed by atoms with van der Waals surface area (Å²) in [5, 5.41) is 0. The van der Waals surface area contributed by atoms with Gasteiger partial charge < -0.3 is 0 Å². The Labute approximate surface area is 154 Å². The molecule has 0 fully saturated rings. The highest BCUT2D eigenvalue weighted by molar-refractivity contribution is 7.12. The molecule has 0 heterocycles. The molecule has 128 valence electrons. The Bertz CT molecular complexity index is 818. The Morgan fingerprint density at radius 2 is 1.08 bits per heavy atom. The zero-order valence-corrected chi connectivity index (χ0v) is 14.6. The average molecular weight is 339 g/mol. The number of hydrogen-bond donors (Lipinski definition) is 0. The van der Waals surface area contributed by atoms with Crippen molar-refractivity contribution in [2.45, 2.75) is 12.2 Å². The van der Waals surface area contributed by atoms with Crippen LogP contribution in [0.25, 0.3) is 0 Å². The van der Waals surface area contributed by atoms with Gasteiger partial charge in [-0.1, -0.05) is 103 Å². The van der Waals surface area contributed by atoms with Crippen LogP contribution in [0, 0.1) is 0 Å². The van der Waals surface area contributed by atoms with Crippen molar-refractivity contribution >= 4 is 22.5 Å². The highest BCUT2D eigenvalue weighted by atomic mass is 19.1. The topological polar surface area (TPSA) is 0 Å². The first-order valence-electron chi connectivity index (χ1n) is 9.18. The standard InChI is InChI=1S/C24H21BF/c26-24-18-16-23(17-19-24)25(20-10-4-1-5-11-20,21-12-6-2-7-13-21)22-14-8-3-9-15-22/h1-16,18-19,23H,17H2/q-1. The average Bonchev–Trinajstić information content (AvgIpc) is 2.72. The van der Waals surface area contributed by atoms with Crippen LogP contribution in [-0.2, 0) is 0 Å². The highest BCUT2D eigenvalue weighted by Gasteiger charge is 2.36. The molecule has 0 bridgehead atoms. The first-order chi connectivity index (χ1) is 12.8. The van der Waals surface area contributed by atoms with Crippen LogP contribution in [0.1, 0.15) is 6.42 Å². The molecule has 2 heteroatoms. The summed E-state index contributed by atoms with van der Waals surface area (Å²) in [6, 6.07) is 32.0. The lowest BCUT2D eigenvalue weighted by Gasteiger charge is -2.49. The maximum Gasteiger partial charge on any atom is 0.118 e. The van der Waals surface area contributed by atoms with E-state index in [1.165, 1.54) is 16.4 Å². The molecule has 0 aliphatic heterocycles. The van der Waals surface area contributed by atoms with E-state index in [0.29, 0.717) is 6.42 Å². The quantitative estimate of drug-likeness (QED) is 0.621. The third kappa shape index (κ3) is 2.82. The molecule has 26 heavy (non-hydrogen) atoms. The largest absolute Gasteiger partial charge is 0.207 e. The van der Waals surface area contributed by atoms with E-state index in [1.54, 1.807) is 12.2 Å². The molecule has 0 N–H and O–H groups in total. The Kier molecular flexibility index (Phi) is 4.58. The molecule has 1 unspecified atom stereocenters. The minimum Gasteiger partial charge on any atom is -0.207 e. The summed E-state index contributed by atoms with van der Waals surface area (Å²) in [6.45, 7) is 0. The summed E-state index contributed by atoms with van der Waals surface area (Å²) in [7, 11) is 0. The van der Waals surface area contributed by atoms with E-state index in [2.05, 4.69) is 97.1 Å². The van der Waals surface area contributed by atoms with Crippen LogP contribution in [0.5, 0.6) is 0 Å². The summed E-state index contributed by atoms with van der Waals surface area (Å²) in [4.78, 5) is 0. The van der Waals surface area contributed by atoms with Crippen molar-refractivity contribution in [2.75, 3.05) is 0 Å². The monoisotopic (exact) mass is 339 g/mol. The zero-order chi connectivity index (χ0) is 17.8. The van der Waals surface area contributed by atoms with Gasteiger partial charge in [0.25, 0.3) is 0 Å². The highest BCUT2D eigenvalue weighted by Crippen LogP contribution is 2.32. The second-order valence-corrected chi connectivity index (χ2v) is 7.01. The molecule has 1 aliphatic rings. The lowest BCUT2D eigenvalue weighted by molar-refractivity contribution is 0.651. The number of allylic oxidation sites excluding steroid dienone is 4. The van der Waals surface area contributed by atoms with Crippen LogP contribution in [0.4, 0.5) is 4.39 Å². The predicted molar refractivity (Wildman–Crippen MR) is 111 cm³/mol. The number of hydrogen-bond acceptors (Lipinski definition) is 0. The first kappa shape index (κ1) is 16.6.